The fourth-order valence-electron chi connectivity index (χ4n) is 6.51. The summed E-state index contributed by atoms with van der Waals surface area (Å²) < 4.78 is 11.2. The third kappa shape index (κ3) is 3.18. The van der Waals surface area contributed by atoms with Crippen LogP contribution in [-0.2, 0) is 0 Å². The topological polar surface area (TPSA) is 18.1 Å². The Morgan fingerprint density at radius 3 is 2.29 bits per heavy atom. The minimum Gasteiger partial charge on any atom is -0.456 e. The molecule has 6 aromatic carbocycles. The lowest BCUT2D eigenvalue weighted by atomic mass is 9.99. The van der Waals surface area contributed by atoms with Gasteiger partial charge in [0.25, 0.3) is 0 Å². The number of rotatable bonds is 3. The number of nitrogens with zero attached hydrogens (tertiary/aromatic N) is 1. The fraction of sp³-hybridized carbons (Fsp3) is 0. The van der Waals surface area contributed by atoms with Crippen molar-refractivity contribution in [1.82, 2.24) is 4.57 Å². The molecule has 0 bridgehead atoms. The van der Waals surface area contributed by atoms with E-state index < -0.39 is 0 Å². The van der Waals surface area contributed by atoms with Crippen LogP contribution in [0.15, 0.2) is 132 Å². The van der Waals surface area contributed by atoms with Crippen LogP contribution in [0.3, 0.4) is 0 Å². The molecule has 0 amide bonds. The minimum absolute atomic E-state index is 0.905. The average molecular weight is 542 g/mol. The molecule has 0 N–H and O–H groups in total. The zero-order valence-electron chi connectivity index (χ0n) is 22.1. The van der Waals surface area contributed by atoms with E-state index in [1.165, 1.54) is 47.5 Å². The lowest BCUT2D eigenvalue weighted by Gasteiger charge is -2.16. The molecule has 0 saturated heterocycles. The summed E-state index contributed by atoms with van der Waals surface area (Å²) in [6.45, 7) is 4.11. The number of hydrogen-bond acceptors (Lipinski definition) is 2. The van der Waals surface area contributed by atoms with Gasteiger partial charge in [-0.1, -0.05) is 91.5 Å². The first-order valence-corrected chi connectivity index (χ1v) is 14.6. The van der Waals surface area contributed by atoms with Crippen molar-refractivity contribution in [2.75, 3.05) is 0 Å². The highest BCUT2D eigenvalue weighted by molar-refractivity contribution is 7.26. The molecule has 0 aliphatic heterocycles. The van der Waals surface area contributed by atoms with Gasteiger partial charge in [0.1, 0.15) is 11.2 Å². The van der Waals surface area contributed by atoms with Gasteiger partial charge in [-0.25, -0.2) is 0 Å². The van der Waals surface area contributed by atoms with Gasteiger partial charge in [-0.3, -0.25) is 0 Å². The lowest BCUT2D eigenvalue weighted by Crippen LogP contribution is -1.98. The predicted octanol–water partition coefficient (Wildman–Crippen LogP) is 11.4. The van der Waals surface area contributed by atoms with Crippen molar-refractivity contribution in [3.8, 4) is 16.8 Å². The zero-order chi connectivity index (χ0) is 27.1. The molecule has 0 spiro atoms. The van der Waals surface area contributed by atoms with Crippen LogP contribution in [0.4, 0.5) is 0 Å². The largest absolute Gasteiger partial charge is 0.456 e. The van der Waals surface area contributed by atoms with Gasteiger partial charge in [-0.05, 0) is 53.6 Å². The highest BCUT2D eigenvalue weighted by Crippen LogP contribution is 2.44. The molecule has 0 fully saturated rings. The number of aromatic nitrogens is 1. The van der Waals surface area contributed by atoms with E-state index in [1.54, 1.807) is 0 Å². The molecule has 3 heterocycles. The van der Waals surface area contributed by atoms with Crippen LogP contribution in [0, 0.1) is 0 Å². The first-order chi connectivity index (χ1) is 20.3. The minimum atomic E-state index is 0.905. The van der Waals surface area contributed by atoms with E-state index in [-0.39, 0.29) is 0 Å². The van der Waals surface area contributed by atoms with Gasteiger partial charge in [0.2, 0.25) is 0 Å². The van der Waals surface area contributed by atoms with Gasteiger partial charge in [-0.2, -0.15) is 0 Å². The molecule has 0 atom stereocenters. The van der Waals surface area contributed by atoms with Crippen molar-refractivity contribution >= 4 is 81.3 Å². The molecule has 0 aliphatic carbocycles. The average Bonchev–Trinajstić information content (AvgIpc) is 3.69. The molecule has 9 rings (SSSR count). The Labute approximate surface area is 240 Å². The number of hydrogen-bond donors (Lipinski definition) is 0. The molecule has 41 heavy (non-hydrogen) atoms. The Morgan fingerprint density at radius 1 is 0.610 bits per heavy atom. The highest BCUT2D eigenvalue weighted by Gasteiger charge is 2.20. The van der Waals surface area contributed by atoms with Gasteiger partial charge in [0.05, 0.1) is 16.7 Å². The maximum absolute atomic E-state index is 6.16. The van der Waals surface area contributed by atoms with E-state index >= 15 is 0 Å². The third-order valence-electron chi connectivity index (χ3n) is 8.36. The Kier molecular flexibility index (Phi) is 4.67. The molecular weight excluding hydrogens is 518 g/mol. The van der Waals surface area contributed by atoms with Gasteiger partial charge >= 0.3 is 0 Å². The van der Waals surface area contributed by atoms with E-state index in [2.05, 4.69) is 120 Å². The molecule has 3 aromatic heterocycles. The number of furan rings is 1. The third-order valence-corrected chi connectivity index (χ3v) is 9.50. The Morgan fingerprint density at radius 2 is 1.39 bits per heavy atom. The van der Waals surface area contributed by atoms with Crippen LogP contribution in [0.2, 0.25) is 0 Å². The van der Waals surface area contributed by atoms with Crippen molar-refractivity contribution in [2.45, 2.75) is 0 Å². The Balaban J connectivity index is 1.44. The van der Waals surface area contributed by atoms with Gasteiger partial charge < -0.3 is 8.98 Å². The zero-order valence-corrected chi connectivity index (χ0v) is 22.9. The second kappa shape index (κ2) is 8.44. The molecule has 0 aliphatic rings. The summed E-state index contributed by atoms with van der Waals surface area (Å²) in [6.07, 6.45) is 1.93. The van der Waals surface area contributed by atoms with Gasteiger partial charge in [0.15, 0.2) is 0 Å². The Bertz CT molecular complexity index is 2500. The van der Waals surface area contributed by atoms with Crippen LogP contribution in [0.1, 0.15) is 5.56 Å². The highest BCUT2D eigenvalue weighted by atomic mass is 32.1. The maximum Gasteiger partial charge on any atom is 0.135 e. The monoisotopic (exact) mass is 541 g/mol. The van der Waals surface area contributed by atoms with Gasteiger partial charge in [0, 0.05) is 47.3 Å². The first kappa shape index (κ1) is 22.7. The number of para-hydroxylation sites is 2. The number of benzene rings is 6. The summed E-state index contributed by atoms with van der Waals surface area (Å²) in [5, 5.41) is 7.40. The predicted molar refractivity (Wildman–Crippen MR) is 176 cm³/mol. The first-order valence-electron chi connectivity index (χ1n) is 13.8. The van der Waals surface area contributed by atoms with Crippen LogP contribution in [-0.4, -0.2) is 4.57 Å². The summed E-state index contributed by atoms with van der Waals surface area (Å²) in [5.41, 5.74) is 8.82. The molecule has 192 valence electrons. The van der Waals surface area contributed by atoms with Crippen molar-refractivity contribution in [2.24, 2.45) is 0 Å². The van der Waals surface area contributed by atoms with Crippen LogP contribution in [0.5, 0.6) is 0 Å². The van der Waals surface area contributed by atoms with E-state index in [0.29, 0.717) is 0 Å². The Hall–Kier alpha value is -5.12. The summed E-state index contributed by atoms with van der Waals surface area (Å²) in [6, 6.07) is 43.6. The molecule has 0 saturated carbocycles. The van der Waals surface area contributed by atoms with E-state index in [4.69, 9.17) is 4.42 Å². The van der Waals surface area contributed by atoms with E-state index in [0.717, 1.165) is 38.8 Å². The summed E-state index contributed by atoms with van der Waals surface area (Å²) >= 11 is 1.86. The normalized spacial score (nSPS) is 12.0. The quantitative estimate of drug-likeness (QED) is 0.217. The molecule has 0 radical (unpaired) electrons. The lowest BCUT2D eigenvalue weighted by molar-refractivity contribution is 0.669. The van der Waals surface area contributed by atoms with Crippen LogP contribution < -0.4 is 0 Å². The SMILES string of the molecule is C=Cc1ccc(-c2ccc3oc4ccccc4c3c2)c(-n2c3ccccc3c3ccc4sc5ccccc5c4c32)c1. The van der Waals surface area contributed by atoms with E-state index in [1.807, 2.05) is 29.5 Å². The van der Waals surface area contributed by atoms with Crippen LogP contribution in [0.25, 0.3) is 86.8 Å². The molecule has 2 nitrogen and oxygen atoms in total. The fourth-order valence-corrected chi connectivity index (χ4v) is 7.62. The van der Waals surface area contributed by atoms with Crippen molar-refractivity contribution < 1.29 is 4.42 Å². The smallest absolute Gasteiger partial charge is 0.135 e. The summed E-state index contributed by atoms with van der Waals surface area (Å²) in [4.78, 5) is 0. The molecule has 9 aromatic rings. The number of thiophene rings is 1. The summed E-state index contributed by atoms with van der Waals surface area (Å²) in [7, 11) is 0. The van der Waals surface area contributed by atoms with Crippen molar-refractivity contribution in [3.63, 3.8) is 0 Å². The standard InChI is InChI=1S/C38H23NOS/c1-2-23-15-17-25(24-16-19-34-30(22-24)27-10-4-7-13-33(27)40-34)32(21-23)39-31-12-6-3-9-26(31)28-18-20-36-37(38(28)39)29-11-5-8-14-35(29)41-36/h2-22H,1H2. The molecular formula is C38H23NOS. The van der Waals surface area contributed by atoms with E-state index in [9.17, 15) is 0 Å². The second-order valence-electron chi connectivity index (χ2n) is 10.6. The molecule has 0 unspecified atom stereocenters. The van der Waals surface area contributed by atoms with Crippen molar-refractivity contribution in [1.29, 1.82) is 0 Å². The van der Waals surface area contributed by atoms with Gasteiger partial charge in [-0.15, -0.1) is 11.3 Å². The van der Waals surface area contributed by atoms with Crippen molar-refractivity contribution in [3.05, 3.63) is 133 Å². The second-order valence-corrected chi connectivity index (χ2v) is 11.7. The summed E-state index contributed by atoms with van der Waals surface area (Å²) in [5.74, 6) is 0. The maximum atomic E-state index is 6.16. The number of fused-ring (bicyclic) bond motifs is 10. The molecule has 3 heteroatoms. The van der Waals surface area contributed by atoms with Crippen LogP contribution >= 0.6 is 11.3 Å².